The van der Waals surface area contributed by atoms with E-state index in [1.165, 1.54) is 0 Å². The Morgan fingerprint density at radius 1 is 0.968 bits per heavy atom. The predicted molar refractivity (Wildman–Crippen MR) is 120 cm³/mol. The van der Waals surface area contributed by atoms with Crippen molar-refractivity contribution >= 4 is 11.8 Å². The molecule has 6 heteroatoms. The number of aryl methyl sites for hydroxylation is 1. The molecule has 1 aromatic heterocycles. The molecule has 0 bridgehead atoms. The van der Waals surface area contributed by atoms with E-state index in [4.69, 9.17) is 0 Å². The van der Waals surface area contributed by atoms with Crippen molar-refractivity contribution in [2.75, 3.05) is 13.1 Å². The Kier molecular flexibility index (Phi) is 6.16. The van der Waals surface area contributed by atoms with Gasteiger partial charge in [-0.25, -0.2) is 0 Å². The Labute approximate surface area is 182 Å². The average Bonchev–Trinajstić information content (AvgIpc) is 3.07. The maximum absolute atomic E-state index is 13.2. The van der Waals surface area contributed by atoms with Crippen LogP contribution in [0.15, 0.2) is 60.7 Å². The second-order valence-electron chi connectivity index (χ2n) is 8.10. The molecule has 0 unspecified atom stereocenters. The van der Waals surface area contributed by atoms with E-state index in [0.29, 0.717) is 30.8 Å². The fourth-order valence-electron chi connectivity index (χ4n) is 4.16. The highest BCUT2D eigenvalue weighted by atomic mass is 16.2. The van der Waals surface area contributed by atoms with Crippen LogP contribution in [0.5, 0.6) is 0 Å². The van der Waals surface area contributed by atoms with Gasteiger partial charge in [-0.3, -0.25) is 14.3 Å². The van der Waals surface area contributed by atoms with Crippen LogP contribution in [0.4, 0.5) is 0 Å². The van der Waals surface area contributed by atoms with E-state index in [1.54, 1.807) is 0 Å². The second kappa shape index (κ2) is 9.16. The molecule has 3 aromatic rings. The van der Waals surface area contributed by atoms with Crippen LogP contribution in [0.1, 0.15) is 50.5 Å². The molecule has 1 aliphatic rings. The fourth-order valence-corrected chi connectivity index (χ4v) is 4.16. The average molecular weight is 417 g/mol. The van der Waals surface area contributed by atoms with Crippen molar-refractivity contribution in [3.05, 3.63) is 88.7 Å². The first-order valence-corrected chi connectivity index (χ1v) is 10.8. The third kappa shape index (κ3) is 4.68. The van der Waals surface area contributed by atoms with Gasteiger partial charge in [0.05, 0.1) is 17.8 Å². The van der Waals surface area contributed by atoms with E-state index in [0.717, 1.165) is 29.8 Å². The largest absolute Gasteiger partial charge is 0.349 e. The highest BCUT2D eigenvalue weighted by molar-refractivity contribution is 5.96. The highest BCUT2D eigenvalue weighted by Gasteiger charge is 2.28. The number of aromatic nitrogens is 2. The number of rotatable bonds is 5. The summed E-state index contributed by atoms with van der Waals surface area (Å²) in [5, 5.41) is 7.72. The molecule has 1 fully saturated rings. The molecular weight excluding hydrogens is 388 g/mol. The van der Waals surface area contributed by atoms with Crippen LogP contribution in [0.3, 0.4) is 0 Å². The fraction of sp³-hybridized carbons (Fsp3) is 0.320. The highest BCUT2D eigenvalue weighted by Crippen LogP contribution is 2.20. The summed E-state index contributed by atoms with van der Waals surface area (Å²) in [7, 11) is 0. The first kappa shape index (κ1) is 20.8. The molecule has 1 N–H and O–H groups in total. The van der Waals surface area contributed by atoms with Crippen molar-refractivity contribution in [3.63, 3.8) is 0 Å². The van der Waals surface area contributed by atoms with Crippen molar-refractivity contribution in [1.82, 2.24) is 20.0 Å². The SMILES string of the molecule is Cc1nn(Cc2ccccc2)c(C)c1C(=O)N1CCC(NC(=O)c2ccccc2)CC1. The van der Waals surface area contributed by atoms with Gasteiger partial charge in [-0.15, -0.1) is 0 Å². The van der Waals surface area contributed by atoms with E-state index < -0.39 is 0 Å². The second-order valence-corrected chi connectivity index (χ2v) is 8.10. The number of carbonyl (C=O) groups excluding carboxylic acids is 2. The first-order chi connectivity index (χ1) is 15.0. The minimum atomic E-state index is -0.0562. The molecule has 1 aliphatic heterocycles. The molecular formula is C25H28N4O2. The smallest absolute Gasteiger partial charge is 0.257 e. The molecule has 0 aliphatic carbocycles. The minimum Gasteiger partial charge on any atom is -0.349 e. The Morgan fingerprint density at radius 3 is 2.23 bits per heavy atom. The lowest BCUT2D eigenvalue weighted by molar-refractivity contribution is 0.0696. The molecule has 0 saturated carbocycles. The lowest BCUT2D eigenvalue weighted by Gasteiger charge is -2.32. The monoisotopic (exact) mass is 416 g/mol. The van der Waals surface area contributed by atoms with Gasteiger partial charge in [-0.2, -0.15) is 5.10 Å². The third-order valence-corrected chi connectivity index (χ3v) is 5.92. The molecule has 0 atom stereocenters. The molecule has 31 heavy (non-hydrogen) atoms. The van der Waals surface area contributed by atoms with Gasteiger partial charge in [0.2, 0.25) is 0 Å². The van der Waals surface area contributed by atoms with Gasteiger partial charge >= 0.3 is 0 Å². The Morgan fingerprint density at radius 2 is 1.58 bits per heavy atom. The molecule has 0 radical (unpaired) electrons. The lowest BCUT2D eigenvalue weighted by atomic mass is 10.0. The van der Waals surface area contributed by atoms with Crippen molar-refractivity contribution in [2.45, 2.75) is 39.3 Å². The molecule has 4 rings (SSSR count). The number of hydrogen-bond donors (Lipinski definition) is 1. The molecule has 6 nitrogen and oxygen atoms in total. The van der Waals surface area contributed by atoms with E-state index in [2.05, 4.69) is 22.5 Å². The standard InChI is InChI=1S/C25H28N4O2/c1-18-23(19(2)29(27-18)17-20-9-5-3-6-10-20)25(31)28-15-13-22(14-16-28)26-24(30)21-11-7-4-8-12-21/h3-12,22H,13-17H2,1-2H3,(H,26,30). The van der Waals surface area contributed by atoms with E-state index in [9.17, 15) is 9.59 Å². The van der Waals surface area contributed by atoms with Gasteiger partial charge < -0.3 is 10.2 Å². The van der Waals surface area contributed by atoms with Crippen LogP contribution >= 0.6 is 0 Å². The molecule has 160 valence electrons. The van der Waals surface area contributed by atoms with Crippen LogP contribution in [-0.4, -0.2) is 45.6 Å². The van der Waals surface area contributed by atoms with Gasteiger partial charge in [0.1, 0.15) is 0 Å². The molecule has 2 amide bonds. The summed E-state index contributed by atoms with van der Waals surface area (Å²) in [5.74, 6) is -0.0265. The summed E-state index contributed by atoms with van der Waals surface area (Å²) in [4.78, 5) is 27.5. The quantitative estimate of drug-likeness (QED) is 0.691. The van der Waals surface area contributed by atoms with Crippen molar-refractivity contribution in [3.8, 4) is 0 Å². The predicted octanol–water partition coefficient (Wildman–Crippen LogP) is 3.58. The Bertz CT molecular complexity index is 1050. The van der Waals surface area contributed by atoms with Gasteiger partial charge in [-0.1, -0.05) is 48.5 Å². The lowest BCUT2D eigenvalue weighted by Crippen LogP contribution is -2.46. The third-order valence-electron chi connectivity index (χ3n) is 5.92. The molecule has 0 spiro atoms. The maximum atomic E-state index is 13.2. The van der Waals surface area contributed by atoms with Crippen LogP contribution in [0.2, 0.25) is 0 Å². The van der Waals surface area contributed by atoms with Gasteiger partial charge in [0.25, 0.3) is 11.8 Å². The zero-order valence-electron chi connectivity index (χ0n) is 18.0. The summed E-state index contributed by atoms with van der Waals surface area (Å²) >= 11 is 0. The first-order valence-electron chi connectivity index (χ1n) is 10.8. The van der Waals surface area contributed by atoms with Crippen molar-refractivity contribution < 1.29 is 9.59 Å². The van der Waals surface area contributed by atoms with Gasteiger partial charge in [0.15, 0.2) is 0 Å². The summed E-state index contributed by atoms with van der Waals surface area (Å²) < 4.78 is 1.91. The normalized spacial score (nSPS) is 14.5. The van der Waals surface area contributed by atoms with Crippen molar-refractivity contribution in [1.29, 1.82) is 0 Å². The van der Waals surface area contributed by atoms with E-state index in [-0.39, 0.29) is 17.9 Å². The van der Waals surface area contributed by atoms with E-state index >= 15 is 0 Å². The number of nitrogens with one attached hydrogen (secondary N) is 1. The topological polar surface area (TPSA) is 67.2 Å². The maximum Gasteiger partial charge on any atom is 0.257 e. The Balaban J connectivity index is 1.38. The van der Waals surface area contributed by atoms with Gasteiger partial charge in [0, 0.05) is 30.4 Å². The number of carbonyl (C=O) groups is 2. The number of likely N-dealkylation sites (tertiary alicyclic amines) is 1. The molecule has 2 heterocycles. The summed E-state index contributed by atoms with van der Waals surface area (Å²) in [6, 6.07) is 19.5. The number of hydrogen-bond acceptors (Lipinski definition) is 3. The molecule has 2 aromatic carbocycles. The van der Waals surface area contributed by atoms with Gasteiger partial charge in [-0.05, 0) is 44.4 Å². The number of piperidine rings is 1. The summed E-state index contributed by atoms with van der Waals surface area (Å²) in [5.41, 5.74) is 4.17. The zero-order chi connectivity index (χ0) is 21.8. The van der Waals surface area contributed by atoms with E-state index in [1.807, 2.05) is 72.0 Å². The minimum absolute atomic E-state index is 0.0298. The van der Waals surface area contributed by atoms with Crippen molar-refractivity contribution in [2.24, 2.45) is 0 Å². The van der Waals surface area contributed by atoms with Crippen LogP contribution in [0, 0.1) is 13.8 Å². The van der Waals surface area contributed by atoms with Crippen LogP contribution in [0.25, 0.3) is 0 Å². The summed E-state index contributed by atoms with van der Waals surface area (Å²) in [6.45, 7) is 5.76. The Hall–Kier alpha value is -3.41. The summed E-state index contributed by atoms with van der Waals surface area (Å²) in [6.07, 6.45) is 1.50. The number of benzene rings is 2. The van der Waals surface area contributed by atoms with Crippen LogP contribution in [-0.2, 0) is 6.54 Å². The number of amides is 2. The zero-order valence-corrected chi connectivity index (χ0v) is 18.0. The van der Waals surface area contributed by atoms with Crippen LogP contribution < -0.4 is 5.32 Å². The molecule has 1 saturated heterocycles. The number of nitrogens with zero attached hydrogens (tertiary/aromatic N) is 3.